The highest BCUT2D eigenvalue weighted by Gasteiger charge is 2.29. The first kappa shape index (κ1) is 12.6. The molecule has 1 N–H and O–H groups in total. The molecule has 2 rings (SSSR count). The Balaban J connectivity index is 1.90. The molecule has 1 saturated heterocycles. The van der Waals surface area contributed by atoms with Gasteiger partial charge in [-0.1, -0.05) is 44.2 Å². The number of hydrogen-bond donors (Lipinski definition) is 1. The van der Waals surface area contributed by atoms with E-state index < -0.39 is 0 Å². The van der Waals surface area contributed by atoms with Crippen molar-refractivity contribution in [1.82, 2.24) is 4.90 Å². The van der Waals surface area contributed by atoms with Gasteiger partial charge in [-0.2, -0.15) is 0 Å². The van der Waals surface area contributed by atoms with Gasteiger partial charge in [-0.25, -0.2) is 0 Å². The molecule has 2 heteroatoms. The zero-order chi connectivity index (χ0) is 12.3. The summed E-state index contributed by atoms with van der Waals surface area (Å²) in [6, 6.07) is 10.5. The Kier molecular flexibility index (Phi) is 4.19. The van der Waals surface area contributed by atoms with Gasteiger partial charge in [0, 0.05) is 13.1 Å². The van der Waals surface area contributed by atoms with Crippen LogP contribution >= 0.6 is 0 Å². The van der Waals surface area contributed by atoms with Crippen LogP contribution < -0.4 is 0 Å². The molecule has 1 aromatic rings. The third-order valence-electron chi connectivity index (χ3n) is 3.82. The predicted molar refractivity (Wildman–Crippen MR) is 70.7 cm³/mol. The number of hydrogen-bond acceptors (Lipinski definition) is 2. The third-order valence-corrected chi connectivity index (χ3v) is 3.82. The standard InChI is InChI=1S/C15H23NO/c1-12(2)14-8-9-16(11-15(14)17)10-13-6-4-3-5-7-13/h3-7,12,14-15,17H,8-11H2,1-2H3/t14-,15+/m1/s1. The van der Waals surface area contributed by atoms with E-state index in [9.17, 15) is 5.11 Å². The maximum absolute atomic E-state index is 10.1. The second-order valence-electron chi connectivity index (χ2n) is 5.48. The van der Waals surface area contributed by atoms with E-state index in [0.717, 1.165) is 26.1 Å². The number of aliphatic hydroxyl groups excluding tert-OH is 1. The van der Waals surface area contributed by atoms with E-state index in [2.05, 4.69) is 43.0 Å². The number of rotatable bonds is 3. The number of β-amino-alcohol motifs (C(OH)–C–C–N with tert-alkyl or cyclic N) is 1. The molecule has 0 unspecified atom stereocenters. The van der Waals surface area contributed by atoms with Crippen LogP contribution in [0.2, 0.25) is 0 Å². The van der Waals surface area contributed by atoms with E-state index in [1.807, 2.05) is 6.07 Å². The van der Waals surface area contributed by atoms with Crippen molar-refractivity contribution in [3.8, 4) is 0 Å². The van der Waals surface area contributed by atoms with Gasteiger partial charge in [-0.3, -0.25) is 4.90 Å². The fourth-order valence-corrected chi connectivity index (χ4v) is 2.78. The topological polar surface area (TPSA) is 23.5 Å². The molecule has 2 atom stereocenters. The van der Waals surface area contributed by atoms with Crippen LogP contribution in [0, 0.1) is 11.8 Å². The largest absolute Gasteiger partial charge is 0.391 e. The summed E-state index contributed by atoms with van der Waals surface area (Å²) < 4.78 is 0. The van der Waals surface area contributed by atoms with Crippen molar-refractivity contribution < 1.29 is 5.11 Å². The first-order valence-electron chi connectivity index (χ1n) is 6.61. The minimum Gasteiger partial charge on any atom is -0.391 e. The van der Waals surface area contributed by atoms with Crippen molar-refractivity contribution in [2.24, 2.45) is 11.8 Å². The zero-order valence-corrected chi connectivity index (χ0v) is 10.8. The molecule has 0 amide bonds. The average molecular weight is 233 g/mol. The molecule has 0 spiro atoms. The SMILES string of the molecule is CC(C)[C@H]1CCN(Cc2ccccc2)C[C@@H]1O. The normalized spacial score (nSPS) is 26.4. The van der Waals surface area contributed by atoms with Crippen molar-refractivity contribution in [1.29, 1.82) is 0 Å². The Morgan fingerprint density at radius 1 is 1.29 bits per heavy atom. The van der Waals surface area contributed by atoms with Gasteiger partial charge >= 0.3 is 0 Å². The monoisotopic (exact) mass is 233 g/mol. The Hall–Kier alpha value is -0.860. The van der Waals surface area contributed by atoms with Crippen LogP contribution in [0.5, 0.6) is 0 Å². The number of benzene rings is 1. The van der Waals surface area contributed by atoms with Gasteiger partial charge in [0.1, 0.15) is 0 Å². The minimum atomic E-state index is -0.160. The molecule has 1 fully saturated rings. The molecule has 1 heterocycles. The van der Waals surface area contributed by atoms with Gasteiger partial charge in [0.25, 0.3) is 0 Å². The van der Waals surface area contributed by atoms with Crippen molar-refractivity contribution in [2.45, 2.75) is 32.9 Å². The van der Waals surface area contributed by atoms with E-state index in [1.54, 1.807) is 0 Å². The predicted octanol–water partition coefficient (Wildman–Crippen LogP) is 2.53. The number of nitrogens with zero attached hydrogens (tertiary/aromatic N) is 1. The molecule has 1 aromatic carbocycles. The first-order chi connectivity index (χ1) is 8.16. The van der Waals surface area contributed by atoms with Crippen LogP contribution in [0.3, 0.4) is 0 Å². The Morgan fingerprint density at radius 3 is 2.59 bits per heavy atom. The molecule has 17 heavy (non-hydrogen) atoms. The highest BCUT2D eigenvalue weighted by molar-refractivity contribution is 5.14. The van der Waals surface area contributed by atoms with Gasteiger partial charge in [-0.15, -0.1) is 0 Å². The molecule has 2 nitrogen and oxygen atoms in total. The average Bonchev–Trinajstić information content (AvgIpc) is 2.30. The lowest BCUT2D eigenvalue weighted by molar-refractivity contribution is 0.000185. The third kappa shape index (κ3) is 3.30. The summed E-state index contributed by atoms with van der Waals surface area (Å²) in [6.45, 7) is 7.30. The fourth-order valence-electron chi connectivity index (χ4n) is 2.78. The number of aliphatic hydroxyl groups is 1. The lowest BCUT2D eigenvalue weighted by Gasteiger charge is -2.37. The van der Waals surface area contributed by atoms with Crippen LogP contribution in [0.15, 0.2) is 30.3 Å². The number of likely N-dealkylation sites (tertiary alicyclic amines) is 1. The highest BCUT2D eigenvalue weighted by Crippen LogP contribution is 2.25. The van der Waals surface area contributed by atoms with E-state index in [1.165, 1.54) is 5.56 Å². The molecule has 0 radical (unpaired) electrons. The van der Waals surface area contributed by atoms with Gasteiger partial charge < -0.3 is 5.11 Å². The summed E-state index contributed by atoms with van der Waals surface area (Å²) in [5.41, 5.74) is 1.34. The summed E-state index contributed by atoms with van der Waals surface area (Å²) in [5.74, 6) is 1.06. The highest BCUT2D eigenvalue weighted by atomic mass is 16.3. The molecule has 94 valence electrons. The second-order valence-corrected chi connectivity index (χ2v) is 5.48. The van der Waals surface area contributed by atoms with Gasteiger partial charge in [-0.05, 0) is 30.4 Å². The van der Waals surface area contributed by atoms with Crippen LogP contribution in [0.1, 0.15) is 25.8 Å². The van der Waals surface area contributed by atoms with E-state index in [4.69, 9.17) is 0 Å². The van der Waals surface area contributed by atoms with Crippen LogP contribution in [0.25, 0.3) is 0 Å². The maximum atomic E-state index is 10.1. The van der Waals surface area contributed by atoms with E-state index >= 15 is 0 Å². The van der Waals surface area contributed by atoms with Crippen LogP contribution in [0.4, 0.5) is 0 Å². The van der Waals surface area contributed by atoms with Crippen LogP contribution in [-0.4, -0.2) is 29.2 Å². The van der Waals surface area contributed by atoms with Gasteiger partial charge in [0.05, 0.1) is 6.10 Å². The smallest absolute Gasteiger partial charge is 0.0698 e. The summed E-state index contributed by atoms with van der Waals surface area (Å²) in [6.07, 6.45) is 0.957. The molecule has 1 aliphatic rings. The maximum Gasteiger partial charge on any atom is 0.0698 e. The minimum absolute atomic E-state index is 0.160. The van der Waals surface area contributed by atoms with E-state index in [0.29, 0.717) is 11.8 Å². The molecular formula is C15H23NO. The molecule has 0 bridgehead atoms. The van der Waals surface area contributed by atoms with E-state index in [-0.39, 0.29) is 6.10 Å². The van der Waals surface area contributed by atoms with Crippen molar-refractivity contribution in [3.05, 3.63) is 35.9 Å². The Morgan fingerprint density at radius 2 is 2.00 bits per heavy atom. The lowest BCUT2D eigenvalue weighted by Crippen LogP contribution is -2.44. The van der Waals surface area contributed by atoms with Crippen molar-refractivity contribution in [2.75, 3.05) is 13.1 Å². The summed E-state index contributed by atoms with van der Waals surface area (Å²) in [4.78, 5) is 2.36. The summed E-state index contributed by atoms with van der Waals surface area (Å²) in [7, 11) is 0. The van der Waals surface area contributed by atoms with Crippen molar-refractivity contribution in [3.63, 3.8) is 0 Å². The number of piperidine rings is 1. The zero-order valence-electron chi connectivity index (χ0n) is 10.8. The summed E-state index contributed by atoms with van der Waals surface area (Å²) >= 11 is 0. The Labute approximate surface area is 104 Å². The summed E-state index contributed by atoms with van der Waals surface area (Å²) in [5, 5.41) is 10.1. The molecule has 0 aromatic heterocycles. The molecule has 0 aliphatic carbocycles. The molecule has 1 aliphatic heterocycles. The Bertz CT molecular complexity index is 336. The van der Waals surface area contributed by atoms with Crippen molar-refractivity contribution >= 4 is 0 Å². The fraction of sp³-hybridized carbons (Fsp3) is 0.600. The molecule has 0 saturated carbocycles. The van der Waals surface area contributed by atoms with Gasteiger partial charge in [0.15, 0.2) is 0 Å². The molecular weight excluding hydrogens is 210 g/mol. The second kappa shape index (κ2) is 5.65. The first-order valence-corrected chi connectivity index (χ1v) is 6.61. The van der Waals surface area contributed by atoms with Crippen LogP contribution in [-0.2, 0) is 6.54 Å². The quantitative estimate of drug-likeness (QED) is 0.867. The lowest BCUT2D eigenvalue weighted by atomic mass is 9.84. The van der Waals surface area contributed by atoms with Gasteiger partial charge in [0.2, 0.25) is 0 Å².